The number of para-hydroxylation sites is 2. The van der Waals surface area contributed by atoms with E-state index in [-0.39, 0.29) is 6.61 Å². The number of fused-ring (bicyclic) bond motifs is 1. The van der Waals surface area contributed by atoms with Crippen LogP contribution in [0.25, 0.3) is 11.0 Å². The predicted octanol–water partition coefficient (Wildman–Crippen LogP) is 3.39. The minimum atomic E-state index is 0.0722. The number of ether oxygens (including phenoxy) is 2. The molecule has 0 aliphatic rings. The van der Waals surface area contributed by atoms with Gasteiger partial charge in [0.15, 0.2) is 11.5 Å². The Kier molecular flexibility index (Phi) is 5.92. The van der Waals surface area contributed by atoms with Gasteiger partial charge < -0.3 is 19.1 Å². The molecule has 5 nitrogen and oxygen atoms in total. The zero-order valence-corrected chi connectivity index (χ0v) is 15.0. The predicted molar refractivity (Wildman–Crippen MR) is 103 cm³/mol. The number of aromatic nitrogens is 2. The first-order valence-electron chi connectivity index (χ1n) is 8.72. The minimum Gasteiger partial charge on any atom is -0.493 e. The molecule has 2 aromatic carbocycles. The molecule has 3 aromatic rings. The maximum absolute atomic E-state index is 9.30. The van der Waals surface area contributed by atoms with Crippen LogP contribution in [0.1, 0.15) is 11.4 Å². The van der Waals surface area contributed by atoms with E-state index in [1.807, 2.05) is 48.5 Å². The van der Waals surface area contributed by atoms with Crippen LogP contribution in [0.2, 0.25) is 0 Å². The van der Waals surface area contributed by atoms with E-state index >= 15 is 0 Å². The van der Waals surface area contributed by atoms with Crippen LogP contribution >= 0.6 is 0 Å². The van der Waals surface area contributed by atoms with Crippen LogP contribution in [0.15, 0.2) is 55.1 Å². The topological polar surface area (TPSA) is 56.5 Å². The van der Waals surface area contributed by atoms with Crippen molar-refractivity contribution in [1.82, 2.24) is 9.55 Å². The standard InChI is InChI=1S/C21H24N2O3/c1-3-6-16-9-10-19(20(15-16)25-2)26-14-12-23-18-8-5-4-7-17(18)22-21(23)11-13-24/h3-5,7-10,15,24H,1,6,11-14H2,2H3. The second kappa shape index (κ2) is 8.54. The highest BCUT2D eigenvalue weighted by molar-refractivity contribution is 5.75. The first kappa shape index (κ1) is 18.0. The smallest absolute Gasteiger partial charge is 0.161 e. The average Bonchev–Trinajstić information content (AvgIpc) is 3.01. The quantitative estimate of drug-likeness (QED) is 0.600. The van der Waals surface area contributed by atoms with E-state index in [0.717, 1.165) is 34.6 Å². The number of rotatable bonds is 9. The summed E-state index contributed by atoms with van der Waals surface area (Å²) in [6.07, 6.45) is 3.18. The molecule has 3 rings (SSSR count). The molecule has 0 fully saturated rings. The molecule has 0 saturated heterocycles. The lowest BCUT2D eigenvalue weighted by molar-refractivity contribution is 0.273. The fourth-order valence-corrected chi connectivity index (χ4v) is 3.04. The largest absolute Gasteiger partial charge is 0.493 e. The van der Waals surface area contributed by atoms with Gasteiger partial charge in [0.05, 0.1) is 31.3 Å². The summed E-state index contributed by atoms with van der Waals surface area (Å²) in [6.45, 7) is 4.96. The van der Waals surface area contributed by atoms with Crippen molar-refractivity contribution in [3.05, 3.63) is 66.5 Å². The summed E-state index contributed by atoms with van der Waals surface area (Å²) in [6, 6.07) is 13.9. The molecular weight excluding hydrogens is 328 g/mol. The highest BCUT2D eigenvalue weighted by atomic mass is 16.5. The number of hydrogen-bond acceptors (Lipinski definition) is 4. The van der Waals surface area contributed by atoms with E-state index in [9.17, 15) is 5.11 Å². The van der Waals surface area contributed by atoms with E-state index in [2.05, 4.69) is 16.1 Å². The number of aliphatic hydroxyl groups excluding tert-OH is 1. The number of hydrogen-bond donors (Lipinski definition) is 1. The summed E-state index contributed by atoms with van der Waals surface area (Å²) in [5.41, 5.74) is 3.12. The molecule has 1 aromatic heterocycles. The zero-order valence-electron chi connectivity index (χ0n) is 15.0. The Morgan fingerprint density at radius 3 is 2.81 bits per heavy atom. The fourth-order valence-electron chi connectivity index (χ4n) is 3.04. The van der Waals surface area contributed by atoms with Crippen molar-refractivity contribution in [3.63, 3.8) is 0 Å². The maximum atomic E-state index is 9.30. The molecule has 136 valence electrons. The molecule has 5 heteroatoms. The first-order chi connectivity index (χ1) is 12.8. The van der Waals surface area contributed by atoms with Crippen molar-refractivity contribution < 1.29 is 14.6 Å². The van der Waals surface area contributed by atoms with Crippen LogP contribution in [0.5, 0.6) is 11.5 Å². The van der Waals surface area contributed by atoms with Gasteiger partial charge in [-0.3, -0.25) is 0 Å². The summed E-state index contributed by atoms with van der Waals surface area (Å²) < 4.78 is 13.5. The Bertz CT molecular complexity index is 886. The summed E-state index contributed by atoms with van der Waals surface area (Å²) in [5.74, 6) is 2.30. The molecule has 0 aliphatic heterocycles. The Labute approximate surface area is 153 Å². The van der Waals surface area contributed by atoms with Crippen LogP contribution < -0.4 is 9.47 Å². The summed E-state index contributed by atoms with van der Waals surface area (Å²) in [7, 11) is 1.64. The van der Waals surface area contributed by atoms with Crippen LogP contribution in [0.4, 0.5) is 0 Å². The number of benzene rings is 2. The summed E-state index contributed by atoms with van der Waals surface area (Å²) in [4.78, 5) is 4.61. The molecule has 0 radical (unpaired) electrons. The van der Waals surface area contributed by atoms with Crippen LogP contribution in [-0.4, -0.2) is 35.0 Å². The van der Waals surface area contributed by atoms with Gasteiger partial charge in [-0.05, 0) is 36.2 Å². The monoisotopic (exact) mass is 352 g/mol. The van der Waals surface area contributed by atoms with Gasteiger partial charge in [-0.1, -0.05) is 24.3 Å². The minimum absolute atomic E-state index is 0.0722. The van der Waals surface area contributed by atoms with Crippen molar-refractivity contribution >= 4 is 11.0 Å². The lowest BCUT2D eigenvalue weighted by Gasteiger charge is -2.13. The summed E-state index contributed by atoms with van der Waals surface area (Å²) in [5, 5.41) is 9.30. The van der Waals surface area contributed by atoms with Crippen molar-refractivity contribution in [2.45, 2.75) is 19.4 Å². The Morgan fingerprint density at radius 2 is 2.04 bits per heavy atom. The molecule has 26 heavy (non-hydrogen) atoms. The van der Waals surface area contributed by atoms with E-state index in [0.29, 0.717) is 25.3 Å². The third-order valence-corrected chi connectivity index (χ3v) is 4.25. The van der Waals surface area contributed by atoms with E-state index < -0.39 is 0 Å². The molecule has 0 aliphatic carbocycles. The van der Waals surface area contributed by atoms with Gasteiger partial charge in [0.2, 0.25) is 0 Å². The lowest BCUT2D eigenvalue weighted by atomic mass is 10.1. The van der Waals surface area contributed by atoms with Gasteiger partial charge in [0, 0.05) is 6.42 Å². The third-order valence-electron chi connectivity index (χ3n) is 4.25. The number of imidazole rings is 1. The maximum Gasteiger partial charge on any atom is 0.161 e. The fraction of sp³-hybridized carbons (Fsp3) is 0.286. The second-order valence-electron chi connectivity index (χ2n) is 5.97. The molecule has 0 atom stereocenters. The van der Waals surface area contributed by atoms with Gasteiger partial charge in [-0.2, -0.15) is 0 Å². The van der Waals surface area contributed by atoms with Gasteiger partial charge in [-0.25, -0.2) is 4.98 Å². The molecule has 0 saturated carbocycles. The molecule has 0 bridgehead atoms. The van der Waals surface area contributed by atoms with Crippen LogP contribution in [0.3, 0.4) is 0 Å². The lowest BCUT2D eigenvalue weighted by Crippen LogP contribution is -2.12. The van der Waals surface area contributed by atoms with Crippen LogP contribution in [-0.2, 0) is 19.4 Å². The SMILES string of the molecule is C=CCc1ccc(OCCn2c(CCO)nc3ccccc32)c(OC)c1. The van der Waals surface area contributed by atoms with Gasteiger partial charge in [0.1, 0.15) is 12.4 Å². The van der Waals surface area contributed by atoms with E-state index in [1.54, 1.807) is 7.11 Å². The molecule has 0 spiro atoms. The number of aliphatic hydroxyl groups is 1. The van der Waals surface area contributed by atoms with Gasteiger partial charge >= 0.3 is 0 Å². The molecule has 1 N–H and O–H groups in total. The Morgan fingerprint density at radius 1 is 1.19 bits per heavy atom. The normalized spacial score (nSPS) is 10.8. The Balaban J connectivity index is 1.75. The van der Waals surface area contributed by atoms with Gasteiger partial charge in [0.25, 0.3) is 0 Å². The molecule has 0 amide bonds. The van der Waals surface area contributed by atoms with E-state index in [1.165, 1.54) is 0 Å². The van der Waals surface area contributed by atoms with Crippen molar-refractivity contribution in [2.24, 2.45) is 0 Å². The molecule has 0 unspecified atom stereocenters. The third kappa shape index (κ3) is 3.89. The number of methoxy groups -OCH3 is 1. The van der Waals surface area contributed by atoms with Gasteiger partial charge in [-0.15, -0.1) is 6.58 Å². The first-order valence-corrected chi connectivity index (χ1v) is 8.72. The molecular formula is C21H24N2O3. The Hall–Kier alpha value is -2.79. The van der Waals surface area contributed by atoms with Crippen molar-refractivity contribution in [1.29, 1.82) is 0 Å². The van der Waals surface area contributed by atoms with Crippen molar-refractivity contribution in [3.8, 4) is 11.5 Å². The van der Waals surface area contributed by atoms with Crippen LogP contribution in [0, 0.1) is 0 Å². The van der Waals surface area contributed by atoms with Crippen molar-refractivity contribution in [2.75, 3.05) is 20.3 Å². The summed E-state index contributed by atoms with van der Waals surface area (Å²) >= 11 is 0. The van der Waals surface area contributed by atoms with E-state index in [4.69, 9.17) is 9.47 Å². The second-order valence-corrected chi connectivity index (χ2v) is 5.97. The number of allylic oxidation sites excluding steroid dienone is 1. The highest BCUT2D eigenvalue weighted by Gasteiger charge is 2.11. The average molecular weight is 352 g/mol. The number of nitrogens with zero attached hydrogens (tertiary/aromatic N) is 2. The zero-order chi connectivity index (χ0) is 18.4. The highest BCUT2D eigenvalue weighted by Crippen LogP contribution is 2.28. The molecule has 1 heterocycles.